The SMILES string of the molecule is CC1CCN(C(CNC(=O)c2ccc3c(c2)OCC(=O)N3)c2cccs2)CC1. The summed E-state index contributed by atoms with van der Waals surface area (Å²) in [5, 5.41) is 7.92. The number of fused-ring (bicyclic) bond motifs is 1. The molecule has 1 saturated heterocycles. The summed E-state index contributed by atoms with van der Waals surface area (Å²) in [5.41, 5.74) is 1.14. The number of piperidine rings is 1. The second-order valence-corrected chi connectivity index (χ2v) is 8.49. The average Bonchev–Trinajstić information content (AvgIpc) is 3.23. The quantitative estimate of drug-likeness (QED) is 0.810. The number of anilines is 1. The van der Waals surface area contributed by atoms with Gasteiger partial charge in [-0.15, -0.1) is 11.3 Å². The summed E-state index contributed by atoms with van der Waals surface area (Å²) >= 11 is 1.74. The summed E-state index contributed by atoms with van der Waals surface area (Å²) in [6.07, 6.45) is 2.40. The zero-order valence-electron chi connectivity index (χ0n) is 15.9. The number of nitrogens with zero attached hydrogens (tertiary/aromatic N) is 1. The molecule has 0 saturated carbocycles. The number of amides is 2. The molecule has 1 atom stereocenters. The molecule has 4 rings (SSSR count). The van der Waals surface area contributed by atoms with Crippen LogP contribution in [0.4, 0.5) is 5.69 Å². The summed E-state index contributed by atoms with van der Waals surface area (Å²) in [6, 6.07) is 9.53. The minimum Gasteiger partial charge on any atom is -0.482 e. The van der Waals surface area contributed by atoms with Crippen LogP contribution in [0.5, 0.6) is 5.75 Å². The van der Waals surface area contributed by atoms with Gasteiger partial charge >= 0.3 is 0 Å². The maximum absolute atomic E-state index is 12.7. The first kappa shape index (κ1) is 19.0. The van der Waals surface area contributed by atoms with Gasteiger partial charge in [0.1, 0.15) is 5.75 Å². The Labute approximate surface area is 168 Å². The number of ether oxygens (including phenoxy) is 1. The van der Waals surface area contributed by atoms with Gasteiger partial charge in [-0.25, -0.2) is 0 Å². The number of carbonyl (C=O) groups is 2. The number of rotatable bonds is 5. The van der Waals surface area contributed by atoms with Gasteiger partial charge in [-0.05, 0) is 61.5 Å². The van der Waals surface area contributed by atoms with Gasteiger partial charge in [0.05, 0.1) is 11.7 Å². The molecule has 2 amide bonds. The minimum atomic E-state index is -0.181. The highest BCUT2D eigenvalue weighted by molar-refractivity contribution is 7.10. The molecule has 2 aliphatic heterocycles. The van der Waals surface area contributed by atoms with Crippen LogP contribution in [0.2, 0.25) is 0 Å². The lowest BCUT2D eigenvalue weighted by molar-refractivity contribution is -0.118. The third kappa shape index (κ3) is 4.20. The first-order valence-electron chi connectivity index (χ1n) is 9.72. The molecule has 6 nitrogen and oxygen atoms in total. The van der Waals surface area contributed by atoms with Gasteiger partial charge in [-0.2, -0.15) is 0 Å². The molecule has 0 spiro atoms. The van der Waals surface area contributed by atoms with E-state index in [2.05, 4.69) is 40.0 Å². The predicted octanol–water partition coefficient (Wildman–Crippen LogP) is 3.28. The molecular weight excluding hydrogens is 374 g/mol. The second kappa shape index (κ2) is 8.32. The number of nitrogens with one attached hydrogen (secondary N) is 2. The lowest BCUT2D eigenvalue weighted by Crippen LogP contribution is -2.41. The van der Waals surface area contributed by atoms with Crippen molar-refractivity contribution in [3.8, 4) is 5.75 Å². The first-order chi connectivity index (χ1) is 13.6. The van der Waals surface area contributed by atoms with Crippen LogP contribution >= 0.6 is 11.3 Å². The van der Waals surface area contributed by atoms with E-state index in [1.807, 2.05) is 0 Å². The van der Waals surface area contributed by atoms with Crippen molar-refractivity contribution < 1.29 is 14.3 Å². The molecule has 3 heterocycles. The summed E-state index contributed by atoms with van der Waals surface area (Å²) in [4.78, 5) is 27.9. The van der Waals surface area contributed by atoms with Crippen molar-refractivity contribution in [3.05, 3.63) is 46.2 Å². The Bertz CT molecular complexity index is 845. The fraction of sp³-hybridized carbons (Fsp3) is 0.429. The van der Waals surface area contributed by atoms with Gasteiger partial charge in [0.2, 0.25) is 0 Å². The number of benzene rings is 1. The van der Waals surface area contributed by atoms with Gasteiger partial charge in [-0.1, -0.05) is 13.0 Å². The van der Waals surface area contributed by atoms with Crippen molar-refractivity contribution in [2.75, 3.05) is 31.6 Å². The van der Waals surface area contributed by atoms with Crippen LogP contribution < -0.4 is 15.4 Å². The number of thiophene rings is 1. The van der Waals surface area contributed by atoms with Crippen LogP contribution in [-0.4, -0.2) is 43.0 Å². The molecule has 1 fully saturated rings. The van der Waals surface area contributed by atoms with Gasteiger partial charge in [0.25, 0.3) is 11.8 Å². The standard InChI is InChI=1S/C21H25N3O3S/c1-14-6-8-24(9-7-14)17(19-3-2-10-28-19)12-22-21(26)15-4-5-16-18(11-15)27-13-20(25)23-16/h2-5,10-11,14,17H,6-9,12-13H2,1H3,(H,22,26)(H,23,25). The number of hydrogen-bond donors (Lipinski definition) is 2. The van der Waals surface area contributed by atoms with Crippen molar-refractivity contribution in [3.63, 3.8) is 0 Å². The molecule has 1 aromatic heterocycles. The Morgan fingerprint density at radius 3 is 2.93 bits per heavy atom. The molecular formula is C21H25N3O3S. The van der Waals surface area contributed by atoms with E-state index in [9.17, 15) is 9.59 Å². The normalized spacial score (nSPS) is 18.7. The maximum atomic E-state index is 12.7. The maximum Gasteiger partial charge on any atom is 0.262 e. The fourth-order valence-corrected chi connectivity index (χ4v) is 4.60. The van der Waals surface area contributed by atoms with Gasteiger partial charge < -0.3 is 15.4 Å². The molecule has 0 radical (unpaired) electrons. The van der Waals surface area contributed by atoms with Crippen molar-refractivity contribution in [2.45, 2.75) is 25.8 Å². The molecule has 2 N–H and O–H groups in total. The second-order valence-electron chi connectivity index (χ2n) is 7.51. The summed E-state index contributed by atoms with van der Waals surface area (Å²) in [7, 11) is 0. The van der Waals surface area contributed by atoms with Gasteiger partial charge in [0, 0.05) is 17.0 Å². The highest BCUT2D eigenvalue weighted by Gasteiger charge is 2.26. The number of likely N-dealkylation sites (tertiary alicyclic amines) is 1. The minimum absolute atomic E-state index is 0.0219. The van der Waals surface area contributed by atoms with Crippen molar-refractivity contribution >= 4 is 28.8 Å². The van der Waals surface area contributed by atoms with Crippen LogP contribution in [0.3, 0.4) is 0 Å². The highest BCUT2D eigenvalue weighted by Crippen LogP contribution is 2.30. The van der Waals surface area contributed by atoms with Crippen LogP contribution in [-0.2, 0) is 4.79 Å². The third-order valence-electron chi connectivity index (χ3n) is 5.46. The van der Waals surface area contributed by atoms with Gasteiger partial charge in [0.15, 0.2) is 6.61 Å². The molecule has 0 aliphatic carbocycles. The smallest absolute Gasteiger partial charge is 0.262 e. The Hall–Kier alpha value is -2.38. The molecule has 1 aromatic carbocycles. The van der Waals surface area contributed by atoms with E-state index < -0.39 is 0 Å². The van der Waals surface area contributed by atoms with Gasteiger partial charge in [-0.3, -0.25) is 14.5 Å². The van der Waals surface area contributed by atoms with Crippen LogP contribution in [0.25, 0.3) is 0 Å². The van der Waals surface area contributed by atoms with E-state index in [-0.39, 0.29) is 24.5 Å². The Morgan fingerprint density at radius 2 is 2.18 bits per heavy atom. The van der Waals surface area contributed by atoms with E-state index >= 15 is 0 Å². The van der Waals surface area contributed by atoms with Crippen LogP contribution in [0, 0.1) is 5.92 Å². The lowest BCUT2D eigenvalue weighted by atomic mass is 9.97. The van der Waals surface area contributed by atoms with E-state index in [0.717, 1.165) is 19.0 Å². The molecule has 0 bridgehead atoms. The summed E-state index contributed by atoms with van der Waals surface area (Å²) < 4.78 is 5.42. The van der Waals surface area contributed by atoms with E-state index in [0.29, 0.717) is 23.5 Å². The third-order valence-corrected chi connectivity index (χ3v) is 6.44. The predicted molar refractivity (Wildman–Crippen MR) is 110 cm³/mol. The lowest BCUT2D eigenvalue weighted by Gasteiger charge is -2.36. The highest BCUT2D eigenvalue weighted by atomic mass is 32.1. The summed E-state index contributed by atoms with van der Waals surface area (Å²) in [5.74, 6) is 0.993. The number of hydrogen-bond acceptors (Lipinski definition) is 5. The largest absolute Gasteiger partial charge is 0.482 e. The molecule has 148 valence electrons. The van der Waals surface area contributed by atoms with Crippen LogP contribution in [0.1, 0.15) is 41.0 Å². The summed E-state index contributed by atoms with van der Waals surface area (Å²) in [6.45, 7) is 4.98. The molecule has 2 aliphatic rings. The zero-order valence-corrected chi connectivity index (χ0v) is 16.8. The number of carbonyl (C=O) groups excluding carboxylic acids is 2. The van der Waals surface area contributed by atoms with Crippen molar-refractivity contribution in [1.29, 1.82) is 0 Å². The Kier molecular flexibility index (Phi) is 5.64. The molecule has 28 heavy (non-hydrogen) atoms. The van der Waals surface area contributed by atoms with Crippen LogP contribution in [0.15, 0.2) is 35.7 Å². The topological polar surface area (TPSA) is 70.7 Å². The molecule has 2 aromatic rings. The Balaban J connectivity index is 1.43. The Morgan fingerprint density at radius 1 is 1.36 bits per heavy atom. The first-order valence-corrected chi connectivity index (χ1v) is 10.6. The van der Waals surface area contributed by atoms with Crippen molar-refractivity contribution in [1.82, 2.24) is 10.2 Å². The van der Waals surface area contributed by atoms with E-state index in [4.69, 9.17) is 4.74 Å². The van der Waals surface area contributed by atoms with E-state index in [1.54, 1.807) is 29.5 Å². The van der Waals surface area contributed by atoms with Crippen molar-refractivity contribution in [2.24, 2.45) is 5.92 Å². The monoisotopic (exact) mass is 399 g/mol. The zero-order chi connectivity index (χ0) is 19.5. The molecule has 1 unspecified atom stereocenters. The molecule has 7 heteroatoms. The average molecular weight is 400 g/mol. The van der Waals surface area contributed by atoms with E-state index in [1.165, 1.54) is 17.7 Å². The fourth-order valence-electron chi connectivity index (χ4n) is 3.74.